The van der Waals surface area contributed by atoms with Crippen LogP contribution in [-0.2, 0) is 10.2 Å². The molecule has 1 aliphatic carbocycles. The number of hydrogen-bond acceptors (Lipinski definition) is 7. The third-order valence-corrected chi connectivity index (χ3v) is 6.23. The molecule has 37 heavy (non-hydrogen) atoms. The monoisotopic (exact) mass is 500 g/mol. The molecule has 3 aromatic rings. The Morgan fingerprint density at radius 3 is 1.95 bits per heavy atom. The van der Waals surface area contributed by atoms with Gasteiger partial charge in [0.05, 0.1) is 12.4 Å². The lowest BCUT2D eigenvalue weighted by Gasteiger charge is -2.36. The average Bonchev–Trinajstić information content (AvgIpc) is 2.83. The molecule has 192 valence electrons. The first kappa shape index (κ1) is 26.0. The molecule has 1 amide bonds. The van der Waals surface area contributed by atoms with Crippen molar-refractivity contribution < 1.29 is 19.0 Å². The third kappa shape index (κ3) is 6.76. The molecule has 1 aromatic heterocycles. The van der Waals surface area contributed by atoms with Crippen LogP contribution in [0.3, 0.4) is 0 Å². The number of ether oxygens (including phenoxy) is 3. The second-order valence-corrected chi connectivity index (χ2v) is 10.7. The van der Waals surface area contributed by atoms with Gasteiger partial charge in [-0.25, -0.2) is 14.8 Å². The van der Waals surface area contributed by atoms with Crippen molar-refractivity contribution in [2.45, 2.75) is 70.6 Å². The van der Waals surface area contributed by atoms with Crippen molar-refractivity contribution in [1.29, 1.82) is 5.26 Å². The first-order valence-electron chi connectivity index (χ1n) is 12.3. The van der Waals surface area contributed by atoms with Gasteiger partial charge in [0.1, 0.15) is 29.3 Å². The standard InChI is InChI=1S/C29H32N4O4/c1-28(2,3)37-27(34)33-21-14-24(15-21)35-22-10-6-19(7-11-22)29(4,5)20-8-12-23(13-9-20)36-25-17-31-26(16-30)32-18-25/h6-13,17-18,21,24H,14-15H2,1-5H3,(H,33,34). The highest BCUT2D eigenvalue weighted by atomic mass is 16.6. The van der Waals surface area contributed by atoms with Gasteiger partial charge in [0.2, 0.25) is 5.82 Å². The first-order valence-corrected chi connectivity index (χ1v) is 12.3. The molecule has 1 fully saturated rings. The molecule has 8 nitrogen and oxygen atoms in total. The second-order valence-electron chi connectivity index (χ2n) is 10.7. The number of hydrogen-bond donors (Lipinski definition) is 1. The van der Waals surface area contributed by atoms with Crippen LogP contribution in [0.5, 0.6) is 17.2 Å². The van der Waals surface area contributed by atoms with Crippen LogP contribution in [0.1, 0.15) is 64.4 Å². The van der Waals surface area contributed by atoms with Gasteiger partial charge in [-0.1, -0.05) is 38.1 Å². The van der Waals surface area contributed by atoms with Crippen LogP contribution in [0, 0.1) is 11.3 Å². The van der Waals surface area contributed by atoms with Crippen molar-refractivity contribution in [3.8, 4) is 23.3 Å². The number of benzene rings is 2. The fourth-order valence-corrected chi connectivity index (χ4v) is 4.07. The SMILES string of the molecule is CC(C)(C)OC(=O)NC1CC(Oc2ccc(C(C)(C)c3ccc(Oc4cnc(C#N)nc4)cc3)cc2)C1. The predicted octanol–water partition coefficient (Wildman–Crippen LogP) is 5.90. The van der Waals surface area contributed by atoms with Crippen molar-refractivity contribution in [1.82, 2.24) is 15.3 Å². The van der Waals surface area contributed by atoms with E-state index in [0.717, 1.165) is 29.7 Å². The van der Waals surface area contributed by atoms with Crippen molar-refractivity contribution in [3.05, 3.63) is 77.9 Å². The summed E-state index contributed by atoms with van der Waals surface area (Å²) in [6.07, 6.45) is 4.17. The Kier molecular flexibility index (Phi) is 7.35. The van der Waals surface area contributed by atoms with Crippen LogP contribution < -0.4 is 14.8 Å². The molecule has 0 spiro atoms. The van der Waals surface area contributed by atoms with E-state index in [-0.39, 0.29) is 29.5 Å². The van der Waals surface area contributed by atoms with E-state index in [1.54, 1.807) is 0 Å². The fraction of sp³-hybridized carbons (Fsp3) is 0.379. The summed E-state index contributed by atoms with van der Waals surface area (Å²) in [6.45, 7) is 9.90. The molecule has 1 aliphatic rings. The van der Waals surface area contributed by atoms with Crippen LogP contribution in [0.4, 0.5) is 4.79 Å². The highest BCUT2D eigenvalue weighted by molar-refractivity contribution is 5.68. The molecule has 2 aromatic carbocycles. The Labute approximate surface area is 217 Å². The van der Waals surface area contributed by atoms with E-state index in [1.165, 1.54) is 12.4 Å². The van der Waals surface area contributed by atoms with E-state index in [2.05, 4.69) is 41.3 Å². The zero-order valence-electron chi connectivity index (χ0n) is 21.8. The largest absolute Gasteiger partial charge is 0.490 e. The van der Waals surface area contributed by atoms with Gasteiger partial charge in [0.15, 0.2) is 5.75 Å². The van der Waals surface area contributed by atoms with Gasteiger partial charge < -0.3 is 19.5 Å². The van der Waals surface area contributed by atoms with Crippen LogP contribution >= 0.6 is 0 Å². The first-order chi connectivity index (χ1) is 17.5. The average molecular weight is 501 g/mol. The van der Waals surface area contributed by atoms with E-state index < -0.39 is 5.60 Å². The van der Waals surface area contributed by atoms with Gasteiger partial charge in [0.25, 0.3) is 0 Å². The van der Waals surface area contributed by atoms with E-state index >= 15 is 0 Å². The maximum atomic E-state index is 11.9. The maximum absolute atomic E-state index is 11.9. The van der Waals surface area contributed by atoms with Gasteiger partial charge in [0, 0.05) is 24.3 Å². The van der Waals surface area contributed by atoms with Gasteiger partial charge >= 0.3 is 6.09 Å². The molecule has 0 aliphatic heterocycles. The maximum Gasteiger partial charge on any atom is 0.407 e. The number of nitrogens with zero attached hydrogens (tertiary/aromatic N) is 3. The number of nitriles is 1. The quantitative estimate of drug-likeness (QED) is 0.430. The molecule has 4 rings (SSSR count). The minimum Gasteiger partial charge on any atom is -0.490 e. The van der Waals surface area contributed by atoms with E-state index in [1.807, 2.05) is 63.2 Å². The Morgan fingerprint density at radius 1 is 0.892 bits per heavy atom. The Bertz CT molecular complexity index is 1250. The lowest BCUT2D eigenvalue weighted by Crippen LogP contribution is -2.50. The van der Waals surface area contributed by atoms with Gasteiger partial charge in [-0.3, -0.25) is 0 Å². The highest BCUT2D eigenvalue weighted by Gasteiger charge is 2.33. The molecule has 1 saturated carbocycles. The van der Waals surface area contributed by atoms with Crippen LogP contribution in [-0.4, -0.2) is 33.8 Å². The molecule has 8 heteroatoms. The molecule has 0 atom stereocenters. The molecule has 0 saturated heterocycles. The minimum atomic E-state index is -0.503. The summed E-state index contributed by atoms with van der Waals surface area (Å²) in [5.74, 6) is 2.05. The fourth-order valence-electron chi connectivity index (χ4n) is 4.07. The van der Waals surface area contributed by atoms with Crippen molar-refractivity contribution in [2.24, 2.45) is 0 Å². The van der Waals surface area contributed by atoms with Gasteiger partial charge in [-0.05, 0) is 56.2 Å². The molecular weight excluding hydrogens is 468 g/mol. The van der Waals surface area contributed by atoms with Crippen LogP contribution in [0.25, 0.3) is 0 Å². The lowest BCUT2D eigenvalue weighted by atomic mass is 9.78. The number of carbonyl (C=O) groups is 1. The summed E-state index contributed by atoms with van der Waals surface area (Å²) in [5, 5.41) is 11.7. The van der Waals surface area contributed by atoms with Gasteiger partial charge in [-0.15, -0.1) is 0 Å². The number of carbonyl (C=O) groups excluding carboxylic acids is 1. The van der Waals surface area contributed by atoms with Crippen LogP contribution in [0.15, 0.2) is 60.9 Å². The highest BCUT2D eigenvalue weighted by Crippen LogP contribution is 2.35. The zero-order chi connectivity index (χ0) is 26.6. The molecule has 0 unspecified atom stereocenters. The number of nitrogens with one attached hydrogen (secondary N) is 1. The molecular formula is C29H32N4O4. The molecule has 1 N–H and O–H groups in total. The van der Waals surface area contributed by atoms with E-state index in [0.29, 0.717) is 11.5 Å². The van der Waals surface area contributed by atoms with Gasteiger partial charge in [-0.2, -0.15) is 5.26 Å². The second kappa shape index (κ2) is 10.5. The van der Waals surface area contributed by atoms with Crippen molar-refractivity contribution >= 4 is 6.09 Å². The summed E-state index contributed by atoms with van der Waals surface area (Å²) in [4.78, 5) is 19.7. The smallest absolute Gasteiger partial charge is 0.407 e. The third-order valence-electron chi connectivity index (χ3n) is 6.23. The molecule has 0 bridgehead atoms. The number of aromatic nitrogens is 2. The Hall–Kier alpha value is -4.12. The summed E-state index contributed by atoms with van der Waals surface area (Å²) < 4.78 is 17.2. The Balaban J connectivity index is 1.30. The predicted molar refractivity (Wildman–Crippen MR) is 139 cm³/mol. The summed E-state index contributed by atoms with van der Waals surface area (Å²) in [6, 6.07) is 18.0. The number of alkyl carbamates (subject to hydrolysis) is 1. The molecule has 1 heterocycles. The summed E-state index contributed by atoms with van der Waals surface area (Å²) in [5.41, 5.74) is 1.57. The van der Waals surface area contributed by atoms with Crippen LogP contribution in [0.2, 0.25) is 0 Å². The van der Waals surface area contributed by atoms with Crippen molar-refractivity contribution in [3.63, 3.8) is 0 Å². The zero-order valence-corrected chi connectivity index (χ0v) is 21.8. The van der Waals surface area contributed by atoms with Crippen molar-refractivity contribution in [2.75, 3.05) is 0 Å². The normalized spacial score (nSPS) is 17.2. The summed E-state index contributed by atoms with van der Waals surface area (Å²) in [7, 11) is 0. The topological polar surface area (TPSA) is 106 Å². The summed E-state index contributed by atoms with van der Waals surface area (Å²) >= 11 is 0. The van der Waals surface area contributed by atoms with E-state index in [4.69, 9.17) is 19.5 Å². The lowest BCUT2D eigenvalue weighted by molar-refractivity contribution is 0.0363. The number of amides is 1. The number of rotatable bonds is 7. The molecule has 0 radical (unpaired) electrons. The van der Waals surface area contributed by atoms with E-state index in [9.17, 15) is 4.79 Å². The Morgan fingerprint density at radius 2 is 1.43 bits per heavy atom. The minimum absolute atomic E-state index is 0.0767.